The third-order valence-electron chi connectivity index (χ3n) is 8.44. The minimum Gasteiger partial charge on any atom is -0.481 e. The first kappa shape index (κ1) is 20.3. The second kappa shape index (κ2) is 6.79. The molecule has 0 amide bonds. The van der Waals surface area contributed by atoms with Crippen LogP contribution < -0.4 is 0 Å². The van der Waals surface area contributed by atoms with Gasteiger partial charge in [0.15, 0.2) is 6.29 Å². The van der Waals surface area contributed by atoms with E-state index < -0.39 is 17.7 Å². The van der Waals surface area contributed by atoms with Gasteiger partial charge in [-0.25, -0.2) is 0 Å². The lowest BCUT2D eigenvalue weighted by molar-refractivity contribution is -0.184. The van der Waals surface area contributed by atoms with E-state index in [0.717, 1.165) is 18.4 Å². The maximum atomic E-state index is 12.5. The van der Waals surface area contributed by atoms with Crippen molar-refractivity contribution in [2.45, 2.75) is 77.5 Å². The second-order valence-corrected chi connectivity index (χ2v) is 9.77. The van der Waals surface area contributed by atoms with Crippen molar-refractivity contribution in [2.24, 2.45) is 28.6 Å². The number of carboxylic acid groups (broad SMARTS) is 1. The third-order valence-corrected chi connectivity index (χ3v) is 8.44. The van der Waals surface area contributed by atoms with E-state index in [2.05, 4.69) is 20.8 Å². The molecule has 28 heavy (non-hydrogen) atoms. The lowest BCUT2D eigenvalue weighted by Crippen LogP contribution is -2.52. The van der Waals surface area contributed by atoms with E-state index in [0.29, 0.717) is 25.2 Å². The molecule has 4 rings (SSSR count). The zero-order valence-corrected chi connectivity index (χ0v) is 17.6. The standard InChI is InChI=1S/C22H34O6/c1-11(2)12-6-7-22(20(24)25)9-8-21(3)13(16(12)22)10-14(26-4)15-17(27-5)18(21)28-19(15)23/h11,13-15,17-19,23H,6-10H2,1-5H3,(H,24,25)/t13-,14-,15+,17+,18+,19-,21-,22+/m1/s1. The van der Waals surface area contributed by atoms with E-state index in [1.807, 2.05) is 0 Å². The molecule has 6 nitrogen and oxygen atoms in total. The van der Waals surface area contributed by atoms with Crippen LogP contribution in [-0.4, -0.2) is 55.0 Å². The molecule has 8 atom stereocenters. The van der Waals surface area contributed by atoms with Crippen LogP contribution in [0.15, 0.2) is 11.1 Å². The molecule has 158 valence electrons. The van der Waals surface area contributed by atoms with Crippen LogP contribution in [0.4, 0.5) is 0 Å². The van der Waals surface area contributed by atoms with Crippen molar-refractivity contribution in [2.75, 3.05) is 14.2 Å². The van der Waals surface area contributed by atoms with Crippen LogP contribution in [0.2, 0.25) is 0 Å². The first-order valence-electron chi connectivity index (χ1n) is 10.6. The number of methoxy groups -OCH3 is 2. The molecule has 6 heteroatoms. The summed E-state index contributed by atoms with van der Waals surface area (Å²) < 4.78 is 17.8. The van der Waals surface area contributed by atoms with E-state index in [4.69, 9.17) is 14.2 Å². The quantitative estimate of drug-likeness (QED) is 0.713. The van der Waals surface area contributed by atoms with E-state index in [-0.39, 0.29) is 35.6 Å². The summed E-state index contributed by atoms with van der Waals surface area (Å²) in [5, 5.41) is 20.9. The summed E-state index contributed by atoms with van der Waals surface area (Å²) in [4.78, 5) is 12.5. The number of aliphatic hydroxyl groups is 1. The van der Waals surface area contributed by atoms with E-state index in [9.17, 15) is 15.0 Å². The lowest BCUT2D eigenvalue weighted by Gasteiger charge is -2.52. The summed E-state index contributed by atoms with van der Waals surface area (Å²) in [5.41, 5.74) is 1.39. The van der Waals surface area contributed by atoms with Gasteiger partial charge in [0.25, 0.3) is 0 Å². The number of hydrogen-bond acceptors (Lipinski definition) is 5. The van der Waals surface area contributed by atoms with Gasteiger partial charge in [-0.3, -0.25) is 4.79 Å². The van der Waals surface area contributed by atoms with Gasteiger partial charge in [-0.05, 0) is 49.5 Å². The largest absolute Gasteiger partial charge is 0.481 e. The Balaban J connectivity index is 1.89. The summed E-state index contributed by atoms with van der Waals surface area (Å²) in [6, 6.07) is 0. The minimum absolute atomic E-state index is 0.0577. The van der Waals surface area contributed by atoms with Gasteiger partial charge in [-0.15, -0.1) is 0 Å². The molecular weight excluding hydrogens is 360 g/mol. The molecule has 3 aliphatic carbocycles. The van der Waals surface area contributed by atoms with Crippen molar-refractivity contribution in [3.8, 4) is 0 Å². The number of carboxylic acids is 1. The van der Waals surface area contributed by atoms with Gasteiger partial charge < -0.3 is 24.4 Å². The van der Waals surface area contributed by atoms with E-state index >= 15 is 0 Å². The topological polar surface area (TPSA) is 85.2 Å². The SMILES string of the molecule is CO[C@H]1[C@H]2[C@H](O)O[C@@H]1[C@]1(C)CC[C@@]3(C(=O)O)CCC(C(C)C)=C3[C@H]1C[C@H]2OC. The molecule has 0 aromatic rings. The monoisotopic (exact) mass is 394 g/mol. The molecule has 2 N–H and O–H groups in total. The molecule has 0 aromatic heterocycles. The van der Waals surface area contributed by atoms with Gasteiger partial charge in [0, 0.05) is 19.6 Å². The summed E-state index contributed by atoms with van der Waals surface area (Å²) in [6.07, 6.45) is 1.96. The molecule has 0 radical (unpaired) electrons. The second-order valence-electron chi connectivity index (χ2n) is 9.77. The maximum Gasteiger partial charge on any atom is 0.313 e. The molecule has 2 bridgehead atoms. The Morgan fingerprint density at radius 3 is 2.50 bits per heavy atom. The molecule has 3 fully saturated rings. The Labute approximate surface area is 167 Å². The Morgan fingerprint density at radius 1 is 1.21 bits per heavy atom. The molecule has 4 aliphatic rings. The van der Waals surface area contributed by atoms with Crippen molar-refractivity contribution in [1.82, 2.24) is 0 Å². The number of aliphatic hydroxyl groups excluding tert-OH is 1. The number of aliphatic carboxylic acids is 1. The molecule has 1 saturated heterocycles. The lowest BCUT2D eigenvalue weighted by atomic mass is 9.53. The third kappa shape index (κ3) is 2.51. The summed E-state index contributed by atoms with van der Waals surface area (Å²) in [7, 11) is 3.33. The highest BCUT2D eigenvalue weighted by molar-refractivity contribution is 5.81. The molecular formula is C22H34O6. The highest BCUT2D eigenvalue weighted by Gasteiger charge is 2.66. The van der Waals surface area contributed by atoms with Crippen molar-refractivity contribution in [1.29, 1.82) is 0 Å². The predicted molar refractivity (Wildman–Crippen MR) is 103 cm³/mol. The van der Waals surface area contributed by atoms with Gasteiger partial charge in [-0.2, -0.15) is 0 Å². The van der Waals surface area contributed by atoms with Crippen LogP contribution in [0.1, 0.15) is 52.9 Å². The Bertz CT molecular complexity index is 687. The summed E-state index contributed by atoms with van der Waals surface area (Å²) in [6.45, 7) is 6.54. The normalized spacial score (nSPS) is 47.8. The highest BCUT2D eigenvalue weighted by atomic mass is 16.6. The van der Waals surface area contributed by atoms with Crippen molar-refractivity contribution in [3.63, 3.8) is 0 Å². The minimum atomic E-state index is -0.911. The molecule has 0 unspecified atom stereocenters. The van der Waals surface area contributed by atoms with Gasteiger partial charge in [-0.1, -0.05) is 26.3 Å². The van der Waals surface area contributed by atoms with Crippen LogP contribution in [0.25, 0.3) is 0 Å². The molecule has 2 saturated carbocycles. The Kier molecular flexibility index (Phi) is 4.93. The number of ether oxygens (including phenoxy) is 3. The van der Waals surface area contributed by atoms with Gasteiger partial charge in [0.1, 0.15) is 0 Å². The zero-order chi connectivity index (χ0) is 20.4. The number of fused-ring (bicyclic) bond motifs is 6. The Hall–Kier alpha value is -0.950. The van der Waals surface area contributed by atoms with Gasteiger partial charge in [0.05, 0.1) is 29.6 Å². The number of carbonyl (C=O) groups is 1. The van der Waals surface area contributed by atoms with Crippen LogP contribution in [0.3, 0.4) is 0 Å². The van der Waals surface area contributed by atoms with E-state index in [1.165, 1.54) is 5.57 Å². The summed E-state index contributed by atoms with van der Waals surface area (Å²) >= 11 is 0. The average molecular weight is 395 g/mol. The smallest absolute Gasteiger partial charge is 0.313 e. The van der Waals surface area contributed by atoms with Gasteiger partial charge in [0.2, 0.25) is 0 Å². The average Bonchev–Trinajstić information content (AvgIpc) is 3.17. The fourth-order valence-corrected chi connectivity index (χ4v) is 6.92. The zero-order valence-electron chi connectivity index (χ0n) is 17.6. The number of allylic oxidation sites excluding steroid dienone is 1. The summed E-state index contributed by atoms with van der Waals surface area (Å²) in [5.74, 6) is -0.564. The highest BCUT2D eigenvalue weighted by Crippen LogP contribution is 2.65. The first-order valence-corrected chi connectivity index (χ1v) is 10.6. The van der Waals surface area contributed by atoms with Gasteiger partial charge >= 0.3 is 5.97 Å². The fourth-order valence-electron chi connectivity index (χ4n) is 6.92. The van der Waals surface area contributed by atoms with Crippen LogP contribution in [-0.2, 0) is 19.0 Å². The molecule has 0 spiro atoms. The van der Waals surface area contributed by atoms with E-state index in [1.54, 1.807) is 14.2 Å². The van der Waals surface area contributed by atoms with Crippen LogP contribution in [0.5, 0.6) is 0 Å². The van der Waals surface area contributed by atoms with Crippen LogP contribution >= 0.6 is 0 Å². The van der Waals surface area contributed by atoms with Crippen LogP contribution in [0, 0.1) is 28.6 Å². The predicted octanol–water partition coefficient (Wildman–Crippen LogP) is 2.99. The first-order chi connectivity index (χ1) is 13.2. The number of rotatable bonds is 4. The van der Waals surface area contributed by atoms with Crippen molar-refractivity contribution in [3.05, 3.63) is 11.1 Å². The molecule has 0 aromatic carbocycles. The van der Waals surface area contributed by atoms with Crippen molar-refractivity contribution >= 4 is 5.97 Å². The maximum absolute atomic E-state index is 12.5. The molecule has 1 heterocycles. The fraction of sp³-hybridized carbons (Fsp3) is 0.864. The number of hydrogen-bond donors (Lipinski definition) is 2. The Morgan fingerprint density at radius 2 is 1.93 bits per heavy atom. The van der Waals surface area contributed by atoms with Crippen molar-refractivity contribution < 1.29 is 29.2 Å². The molecule has 1 aliphatic heterocycles.